The number of aliphatic imine (C=N–C) groups is 1. The molecule has 4 heterocycles. The van der Waals surface area contributed by atoms with Crippen molar-refractivity contribution < 1.29 is 24.9 Å². The van der Waals surface area contributed by atoms with Gasteiger partial charge in [0, 0.05) is 76.8 Å². The maximum Gasteiger partial charge on any atom is 0.305 e. The van der Waals surface area contributed by atoms with E-state index in [0.717, 1.165) is 60.1 Å². The van der Waals surface area contributed by atoms with E-state index < -0.39 is 47.4 Å². The number of guanidine groups is 1. The molecule has 1 aromatic carbocycles. The molecule has 3 saturated heterocycles. The Balaban J connectivity index is 1.42. The lowest BCUT2D eigenvalue weighted by Crippen LogP contribution is -2.68. The summed E-state index contributed by atoms with van der Waals surface area (Å²) in [5, 5.41) is 52.8. The second kappa shape index (κ2) is 21.6. The maximum atomic E-state index is 12.4. The maximum absolute atomic E-state index is 12.4. The van der Waals surface area contributed by atoms with Gasteiger partial charge in [-0.2, -0.15) is 0 Å². The number of carboxylic acids is 1. The van der Waals surface area contributed by atoms with Gasteiger partial charge in [-0.25, -0.2) is 0 Å². The van der Waals surface area contributed by atoms with Crippen LogP contribution in [0.3, 0.4) is 0 Å². The Morgan fingerprint density at radius 3 is 2.54 bits per heavy atom. The number of aromatic amines is 1. The van der Waals surface area contributed by atoms with Gasteiger partial charge < -0.3 is 52.9 Å². The highest BCUT2D eigenvalue weighted by atomic mass is 33.1. The highest BCUT2D eigenvalue weighted by molar-refractivity contribution is 8.76. The predicted molar refractivity (Wildman–Crippen MR) is 250 cm³/mol. The number of nitrogens with two attached hydrogens (primary N) is 3. The number of para-hydroxylation sites is 1. The third kappa shape index (κ3) is 13.7. The monoisotopic (exact) mass is 888 g/mol. The molecule has 0 aliphatic carbocycles. The van der Waals surface area contributed by atoms with Crippen molar-refractivity contribution in [3.63, 3.8) is 0 Å². The van der Waals surface area contributed by atoms with E-state index in [-0.39, 0.29) is 43.1 Å². The summed E-state index contributed by atoms with van der Waals surface area (Å²) in [4.78, 5) is 22.2. The molecule has 0 amide bonds. The summed E-state index contributed by atoms with van der Waals surface area (Å²) in [5.41, 5.74) is 18.0. The Labute approximate surface area is 369 Å². The van der Waals surface area contributed by atoms with Crippen molar-refractivity contribution >= 4 is 44.4 Å². The van der Waals surface area contributed by atoms with Crippen LogP contribution in [0, 0.1) is 0 Å². The number of ether oxygens (including phenoxy) is 1. The predicted octanol–water partition coefficient (Wildman–Crippen LogP) is 2.60. The molecule has 342 valence electrons. The standard InChI is InChI=1S/C43H73N11O5S2/c1-26-17-20-60-61-25-33(28(3)44)53-43(7,58)36-16-12-19-54(36)41(4,5)35(21-29-24-48-31-14-9-8-13-30(29)31)52-39-38(59-39)32(22-37(55)56)50-27(2)23-49-42(6,57)34(51-26)15-10-11-18-47-40(45)46/h8-9,13-14,24,28,32-36,38-39,48-53,57-58H,1-2,10-12,15-23,25,44H2,3-7H3,(H,55,56)(H4,45,46,47). The molecule has 0 radical (unpaired) electrons. The quantitative estimate of drug-likeness (QED) is 0.0538. The van der Waals surface area contributed by atoms with Gasteiger partial charge in [0.2, 0.25) is 0 Å². The van der Waals surface area contributed by atoms with Crippen molar-refractivity contribution in [3.8, 4) is 0 Å². The summed E-state index contributed by atoms with van der Waals surface area (Å²) >= 11 is 0. The topological polar surface area (TPSA) is 260 Å². The van der Waals surface area contributed by atoms with E-state index in [1.54, 1.807) is 28.5 Å². The number of aliphatic hydroxyl groups is 2. The normalized spacial score (nSPS) is 33.0. The molecule has 0 saturated carbocycles. The molecule has 18 heteroatoms. The van der Waals surface area contributed by atoms with Crippen molar-refractivity contribution in [2.45, 2.75) is 152 Å². The van der Waals surface area contributed by atoms with Gasteiger partial charge in [-0.1, -0.05) is 52.9 Å². The Hall–Kier alpha value is -3.04. The van der Waals surface area contributed by atoms with E-state index in [1.165, 1.54) is 0 Å². The number of allylic oxidation sites excluding steroid dienone is 1. The van der Waals surface area contributed by atoms with Crippen LogP contribution in [-0.4, -0.2) is 134 Å². The number of fused-ring (bicyclic) bond motifs is 3. The van der Waals surface area contributed by atoms with Crippen LogP contribution in [0.2, 0.25) is 0 Å². The molecule has 2 aromatic rings. The molecular formula is C43H73N11O5S2. The SMILES string of the molecule is C=C1CNC(C)(O)C(CCCCN=C(N)N)NC(=C)CCSSCC(C(C)N)NC(C)(O)C2CCCN2C(C)(C)C(Cc2c[nH]c3ccccc23)NC2OC2C(CC(=O)O)N1. The third-order valence-corrected chi connectivity index (χ3v) is 14.9. The zero-order valence-corrected chi connectivity index (χ0v) is 38.3. The van der Waals surface area contributed by atoms with Crippen molar-refractivity contribution in [2.24, 2.45) is 22.2 Å². The molecule has 3 fully saturated rings. The fourth-order valence-corrected chi connectivity index (χ4v) is 11.2. The van der Waals surface area contributed by atoms with Crippen LogP contribution < -0.4 is 43.8 Å². The zero-order valence-electron chi connectivity index (χ0n) is 36.7. The average molecular weight is 888 g/mol. The number of H-pyrrole nitrogens is 1. The number of hydrogen-bond acceptors (Lipinski definition) is 14. The Morgan fingerprint density at radius 1 is 1.07 bits per heavy atom. The molecule has 10 unspecified atom stereocenters. The van der Waals surface area contributed by atoms with E-state index >= 15 is 0 Å². The zero-order chi connectivity index (χ0) is 44.5. The number of aliphatic carboxylic acids is 1. The fraction of sp³-hybridized carbons (Fsp3) is 0.674. The minimum Gasteiger partial charge on any atom is -0.481 e. The van der Waals surface area contributed by atoms with Gasteiger partial charge in [-0.05, 0) is 97.7 Å². The minimum atomic E-state index is -1.40. The van der Waals surface area contributed by atoms with E-state index in [2.05, 4.69) is 86.8 Å². The number of hydrogen-bond donors (Lipinski definition) is 12. The Morgan fingerprint density at radius 2 is 1.82 bits per heavy atom. The van der Waals surface area contributed by atoms with E-state index in [1.807, 2.05) is 26.0 Å². The second-order valence-electron chi connectivity index (χ2n) is 18.0. The molecule has 15 N–H and O–H groups in total. The summed E-state index contributed by atoms with van der Waals surface area (Å²) in [6.45, 7) is 20.0. The molecule has 1 aromatic heterocycles. The van der Waals surface area contributed by atoms with Crippen LogP contribution in [0.5, 0.6) is 0 Å². The number of rotatable bonds is 10. The first-order chi connectivity index (χ1) is 28.8. The number of carboxylic acid groups (broad SMARTS) is 1. The first kappa shape index (κ1) is 49.0. The number of nitrogens with zero attached hydrogens (tertiary/aromatic N) is 2. The van der Waals surface area contributed by atoms with Crippen molar-refractivity contribution in [1.29, 1.82) is 0 Å². The number of carbonyl (C=O) groups is 1. The smallest absolute Gasteiger partial charge is 0.305 e. The van der Waals surface area contributed by atoms with E-state index in [0.29, 0.717) is 37.3 Å². The van der Waals surface area contributed by atoms with E-state index in [4.69, 9.17) is 21.9 Å². The van der Waals surface area contributed by atoms with Gasteiger partial charge in [0.25, 0.3) is 0 Å². The molecular weight excluding hydrogens is 815 g/mol. The van der Waals surface area contributed by atoms with E-state index in [9.17, 15) is 20.1 Å². The number of unbranched alkanes of at least 4 members (excludes halogenated alkanes) is 1. The molecule has 0 bridgehead atoms. The lowest BCUT2D eigenvalue weighted by atomic mass is 9.85. The highest BCUT2D eigenvalue weighted by Gasteiger charge is 2.52. The summed E-state index contributed by atoms with van der Waals surface area (Å²) in [7, 11) is 3.44. The number of epoxide rings is 1. The van der Waals surface area contributed by atoms with Gasteiger partial charge in [0.15, 0.2) is 5.96 Å². The molecule has 61 heavy (non-hydrogen) atoms. The molecule has 5 rings (SSSR count). The Bertz CT molecular complexity index is 1800. The first-order valence-electron chi connectivity index (χ1n) is 21.6. The van der Waals surface area contributed by atoms with Crippen molar-refractivity contribution in [1.82, 2.24) is 36.5 Å². The lowest BCUT2D eigenvalue weighted by Gasteiger charge is -2.50. The fourth-order valence-electron chi connectivity index (χ4n) is 8.82. The van der Waals surface area contributed by atoms with Gasteiger partial charge in [-0.15, -0.1) is 0 Å². The minimum absolute atomic E-state index is 0.0455. The highest BCUT2D eigenvalue weighted by Crippen LogP contribution is 2.38. The summed E-state index contributed by atoms with van der Waals surface area (Å²) in [6.07, 6.45) is 6.06. The number of aromatic nitrogens is 1. The number of benzene rings is 1. The molecule has 3 aliphatic heterocycles. The van der Waals surface area contributed by atoms with Crippen molar-refractivity contribution in [2.75, 3.05) is 31.1 Å². The van der Waals surface area contributed by atoms with Gasteiger partial charge in [-0.3, -0.25) is 30.6 Å². The second-order valence-corrected chi connectivity index (χ2v) is 20.6. The van der Waals surface area contributed by atoms with Crippen LogP contribution >= 0.6 is 21.6 Å². The molecule has 0 spiro atoms. The summed E-state index contributed by atoms with van der Waals surface area (Å²) in [5.74, 6) is 0.537. The van der Waals surface area contributed by atoms with Gasteiger partial charge in [0.05, 0.1) is 24.5 Å². The summed E-state index contributed by atoms with van der Waals surface area (Å²) in [6, 6.07) is 6.45. The average Bonchev–Trinajstić information content (AvgIpc) is 3.54. The number of nitrogens with one attached hydrogen (secondary N) is 6. The van der Waals surface area contributed by atoms with Crippen molar-refractivity contribution in [3.05, 3.63) is 60.6 Å². The van der Waals surface area contributed by atoms with Crippen LogP contribution in [0.1, 0.15) is 85.1 Å². The lowest BCUT2D eigenvalue weighted by molar-refractivity contribution is -0.137. The van der Waals surface area contributed by atoms with Crippen LogP contribution in [-0.2, 0) is 16.0 Å². The van der Waals surface area contributed by atoms with Gasteiger partial charge in [0.1, 0.15) is 23.8 Å². The molecule has 16 nitrogen and oxygen atoms in total. The molecule has 3 aliphatic rings. The third-order valence-electron chi connectivity index (χ3n) is 12.5. The van der Waals surface area contributed by atoms with Crippen LogP contribution in [0.4, 0.5) is 0 Å². The molecule has 10 atom stereocenters. The van der Waals surface area contributed by atoms with Crippen LogP contribution in [0.15, 0.2) is 60.0 Å². The Kier molecular flexibility index (Phi) is 17.3. The summed E-state index contributed by atoms with van der Waals surface area (Å²) < 4.78 is 6.30. The largest absolute Gasteiger partial charge is 0.481 e. The van der Waals surface area contributed by atoms with Gasteiger partial charge >= 0.3 is 5.97 Å². The van der Waals surface area contributed by atoms with Crippen LogP contribution in [0.25, 0.3) is 10.9 Å². The first-order valence-corrected chi connectivity index (χ1v) is 24.1.